The highest BCUT2D eigenvalue weighted by Gasteiger charge is 2.26. The zero-order valence-electron chi connectivity index (χ0n) is 16.3. The van der Waals surface area contributed by atoms with Crippen molar-refractivity contribution in [1.29, 1.82) is 0 Å². The first-order valence-corrected chi connectivity index (χ1v) is 10.5. The van der Waals surface area contributed by atoms with E-state index in [4.69, 9.17) is 21.5 Å². The predicted molar refractivity (Wildman–Crippen MR) is 113 cm³/mol. The first-order valence-electron chi connectivity index (χ1n) is 10.1. The Hall–Kier alpha value is -2.18. The summed E-state index contributed by atoms with van der Waals surface area (Å²) in [6.07, 6.45) is 9.98. The Morgan fingerprint density at radius 1 is 1.21 bits per heavy atom. The maximum atomic E-state index is 13.3. The van der Waals surface area contributed by atoms with Crippen molar-refractivity contribution >= 4 is 29.6 Å². The number of rotatable bonds is 7. The number of pyridine rings is 1. The second-order valence-electron chi connectivity index (χ2n) is 7.68. The number of nitrogens with zero attached hydrogens (tertiary/aromatic N) is 1. The van der Waals surface area contributed by atoms with Crippen molar-refractivity contribution in [3.05, 3.63) is 52.4 Å². The second-order valence-corrected chi connectivity index (χ2v) is 8.09. The summed E-state index contributed by atoms with van der Waals surface area (Å²) in [6.45, 7) is 1.75. The van der Waals surface area contributed by atoms with E-state index in [1.807, 2.05) is 6.20 Å². The van der Waals surface area contributed by atoms with E-state index in [1.165, 1.54) is 55.7 Å². The lowest BCUT2D eigenvalue weighted by Gasteiger charge is -2.15. The van der Waals surface area contributed by atoms with Gasteiger partial charge in [-0.15, -0.1) is 0 Å². The number of carboxylic acid groups (broad SMARTS) is 1. The van der Waals surface area contributed by atoms with Gasteiger partial charge in [0.25, 0.3) is 6.47 Å². The SMILES string of the molecule is Fc1ccc(Nc2cc(C3CC3)c(CNCC3CCCC3)cn2)cc1Cl.O=CO. The summed E-state index contributed by atoms with van der Waals surface area (Å²) in [7, 11) is 0. The molecule has 2 saturated carbocycles. The summed E-state index contributed by atoms with van der Waals surface area (Å²) in [5.41, 5.74) is 3.43. The molecule has 156 valence electrons. The Balaban J connectivity index is 0.000000755. The summed E-state index contributed by atoms with van der Waals surface area (Å²) < 4.78 is 13.3. The smallest absolute Gasteiger partial charge is 0.290 e. The van der Waals surface area contributed by atoms with Gasteiger partial charge in [-0.3, -0.25) is 4.79 Å². The fourth-order valence-corrected chi connectivity index (χ4v) is 4.02. The highest BCUT2D eigenvalue weighted by molar-refractivity contribution is 6.31. The monoisotopic (exact) mass is 419 g/mol. The highest BCUT2D eigenvalue weighted by atomic mass is 35.5. The van der Waals surface area contributed by atoms with E-state index in [2.05, 4.69) is 21.7 Å². The lowest BCUT2D eigenvalue weighted by Crippen LogP contribution is -2.21. The molecule has 0 aliphatic heterocycles. The Morgan fingerprint density at radius 2 is 1.93 bits per heavy atom. The van der Waals surface area contributed by atoms with Gasteiger partial charge in [-0.1, -0.05) is 24.4 Å². The minimum atomic E-state index is -0.410. The first kappa shape index (κ1) is 21.5. The molecule has 4 rings (SSSR count). The Morgan fingerprint density at radius 3 is 2.59 bits per heavy atom. The van der Waals surface area contributed by atoms with Crippen LogP contribution in [-0.2, 0) is 11.3 Å². The number of aromatic nitrogens is 1. The molecule has 2 aliphatic carbocycles. The van der Waals surface area contributed by atoms with E-state index in [9.17, 15) is 4.39 Å². The van der Waals surface area contributed by atoms with Crippen LogP contribution in [0, 0.1) is 11.7 Å². The maximum absolute atomic E-state index is 13.3. The summed E-state index contributed by atoms with van der Waals surface area (Å²) in [5, 5.41) is 13.9. The lowest BCUT2D eigenvalue weighted by atomic mass is 10.0. The van der Waals surface area contributed by atoms with E-state index in [0.29, 0.717) is 5.92 Å². The maximum Gasteiger partial charge on any atom is 0.290 e. The number of hydrogen-bond donors (Lipinski definition) is 3. The fourth-order valence-electron chi connectivity index (χ4n) is 3.84. The predicted octanol–water partition coefficient (Wildman–Crippen LogP) is 5.48. The minimum Gasteiger partial charge on any atom is -0.483 e. The third-order valence-corrected chi connectivity index (χ3v) is 5.74. The van der Waals surface area contributed by atoms with Crippen molar-refractivity contribution in [2.24, 2.45) is 5.92 Å². The van der Waals surface area contributed by atoms with Gasteiger partial charge in [-0.25, -0.2) is 9.37 Å². The van der Waals surface area contributed by atoms with Crippen molar-refractivity contribution < 1.29 is 14.3 Å². The number of hydrogen-bond acceptors (Lipinski definition) is 4. The quantitative estimate of drug-likeness (QED) is 0.518. The molecule has 0 saturated heterocycles. The summed E-state index contributed by atoms with van der Waals surface area (Å²) in [5.74, 6) is 1.87. The van der Waals surface area contributed by atoms with E-state index in [-0.39, 0.29) is 11.5 Å². The molecule has 2 aromatic rings. The van der Waals surface area contributed by atoms with Crippen LogP contribution >= 0.6 is 11.6 Å². The molecule has 7 heteroatoms. The number of carbonyl (C=O) groups is 1. The van der Waals surface area contributed by atoms with Gasteiger partial charge in [0.05, 0.1) is 5.02 Å². The molecule has 1 heterocycles. The molecular formula is C22H27ClFN3O2. The number of halogens is 2. The Labute approximate surface area is 175 Å². The second kappa shape index (κ2) is 10.6. The van der Waals surface area contributed by atoms with Gasteiger partial charge >= 0.3 is 0 Å². The molecule has 0 bridgehead atoms. The van der Waals surface area contributed by atoms with E-state index < -0.39 is 5.82 Å². The average Bonchev–Trinajstić information content (AvgIpc) is 3.42. The molecular weight excluding hydrogens is 393 g/mol. The zero-order valence-corrected chi connectivity index (χ0v) is 17.1. The summed E-state index contributed by atoms with van der Waals surface area (Å²) in [4.78, 5) is 12.9. The van der Waals surface area contributed by atoms with Gasteiger partial charge in [-0.2, -0.15) is 0 Å². The third kappa shape index (κ3) is 6.41. The third-order valence-electron chi connectivity index (χ3n) is 5.45. The largest absolute Gasteiger partial charge is 0.483 e. The first-order chi connectivity index (χ1) is 14.1. The van der Waals surface area contributed by atoms with Gasteiger partial charge in [0.1, 0.15) is 11.6 Å². The van der Waals surface area contributed by atoms with Crippen molar-refractivity contribution in [2.45, 2.75) is 51.0 Å². The van der Waals surface area contributed by atoms with Crippen LogP contribution < -0.4 is 10.6 Å². The molecule has 3 N–H and O–H groups in total. The van der Waals surface area contributed by atoms with Crippen LogP contribution in [0.5, 0.6) is 0 Å². The van der Waals surface area contributed by atoms with Crippen molar-refractivity contribution in [3.8, 4) is 0 Å². The van der Waals surface area contributed by atoms with Crippen LogP contribution in [0.1, 0.15) is 55.6 Å². The fraction of sp³-hybridized carbons (Fsp3) is 0.455. The minimum absolute atomic E-state index is 0.116. The zero-order chi connectivity index (χ0) is 20.6. The van der Waals surface area contributed by atoms with E-state index >= 15 is 0 Å². The summed E-state index contributed by atoms with van der Waals surface area (Å²) >= 11 is 5.86. The van der Waals surface area contributed by atoms with E-state index in [0.717, 1.165) is 30.5 Å². The van der Waals surface area contributed by atoms with Crippen LogP contribution in [0.2, 0.25) is 5.02 Å². The van der Waals surface area contributed by atoms with Gasteiger partial charge in [-0.05, 0) is 79.5 Å². The Bertz CT molecular complexity index is 824. The number of anilines is 2. The molecule has 2 fully saturated rings. The van der Waals surface area contributed by atoms with Gasteiger partial charge < -0.3 is 15.7 Å². The van der Waals surface area contributed by atoms with Crippen LogP contribution in [-0.4, -0.2) is 23.1 Å². The van der Waals surface area contributed by atoms with Gasteiger partial charge in [0.2, 0.25) is 0 Å². The van der Waals surface area contributed by atoms with Crippen LogP contribution in [0.15, 0.2) is 30.5 Å². The average molecular weight is 420 g/mol. The van der Waals surface area contributed by atoms with Crippen molar-refractivity contribution in [2.75, 3.05) is 11.9 Å². The molecule has 1 aromatic heterocycles. The topological polar surface area (TPSA) is 74.2 Å². The molecule has 0 radical (unpaired) electrons. The molecule has 0 unspecified atom stereocenters. The van der Waals surface area contributed by atoms with Crippen LogP contribution in [0.4, 0.5) is 15.9 Å². The number of nitrogens with one attached hydrogen (secondary N) is 2. The summed E-state index contributed by atoms with van der Waals surface area (Å²) in [6, 6.07) is 6.78. The van der Waals surface area contributed by atoms with Crippen molar-refractivity contribution in [3.63, 3.8) is 0 Å². The molecule has 0 spiro atoms. The highest BCUT2D eigenvalue weighted by Crippen LogP contribution is 2.42. The number of benzene rings is 1. The molecule has 29 heavy (non-hydrogen) atoms. The lowest BCUT2D eigenvalue weighted by molar-refractivity contribution is -0.122. The Kier molecular flexibility index (Phi) is 7.83. The van der Waals surface area contributed by atoms with Crippen LogP contribution in [0.3, 0.4) is 0 Å². The molecule has 5 nitrogen and oxygen atoms in total. The standard InChI is InChI=1S/C21H25ClFN3.CH2O2/c22-19-9-17(7-8-20(19)23)26-21-10-18(15-5-6-15)16(13-25-21)12-24-11-14-3-1-2-4-14;2-1-3/h7-10,13-15,24H,1-6,11-12H2,(H,25,26);1H,(H,2,3). The van der Waals surface area contributed by atoms with Crippen LogP contribution in [0.25, 0.3) is 0 Å². The van der Waals surface area contributed by atoms with E-state index in [1.54, 1.807) is 12.1 Å². The van der Waals surface area contributed by atoms with Gasteiger partial charge in [0, 0.05) is 18.4 Å². The molecule has 1 aromatic carbocycles. The van der Waals surface area contributed by atoms with Gasteiger partial charge in [0.15, 0.2) is 0 Å². The van der Waals surface area contributed by atoms with Crippen molar-refractivity contribution in [1.82, 2.24) is 10.3 Å². The molecule has 0 atom stereocenters. The molecule has 2 aliphatic rings. The normalized spacial score (nSPS) is 16.2. The molecule has 0 amide bonds.